The summed E-state index contributed by atoms with van der Waals surface area (Å²) < 4.78 is 26.1. The molecule has 0 unspecified atom stereocenters. The Hall–Kier alpha value is -1.61. The molecule has 0 spiro atoms. The van der Waals surface area contributed by atoms with E-state index in [1.165, 1.54) is 5.56 Å². The summed E-state index contributed by atoms with van der Waals surface area (Å²) in [6, 6.07) is 17.1. The van der Waals surface area contributed by atoms with Crippen molar-refractivity contribution >= 4 is 44.2 Å². The number of aryl methyl sites for hydroxylation is 1. The maximum Gasteiger partial charge on any atom is 0.240 e. The van der Waals surface area contributed by atoms with Crippen LogP contribution in [0.1, 0.15) is 12.0 Å². The second kappa shape index (κ2) is 9.19. The molecule has 134 valence electrons. The Labute approximate surface area is 162 Å². The van der Waals surface area contributed by atoms with Gasteiger partial charge in [0.25, 0.3) is 0 Å². The van der Waals surface area contributed by atoms with Crippen molar-refractivity contribution in [2.45, 2.75) is 12.8 Å². The Morgan fingerprint density at radius 3 is 2.32 bits per heavy atom. The van der Waals surface area contributed by atoms with Crippen LogP contribution in [0.15, 0.2) is 54.6 Å². The number of benzene rings is 2. The molecule has 0 aromatic heterocycles. The second-order valence-electron chi connectivity index (χ2n) is 5.69. The summed E-state index contributed by atoms with van der Waals surface area (Å²) in [7, 11) is -3.53. The molecule has 0 heterocycles. The van der Waals surface area contributed by atoms with Gasteiger partial charge in [0, 0.05) is 10.1 Å². The van der Waals surface area contributed by atoms with Gasteiger partial charge < -0.3 is 5.32 Å². The topological polar surface area (TPSA) is 66.5 Å². The number of amides is 1. The van der Waals surface area contributed by atoms with Crippen LogP contribution in [0.4, 0.5) is 5.69 Å². The molecular formula is C18H21IN2O3S. The van der Waals surface area contributed by atoms with Gasteiger partial charge in [0.2, 0.25) is 15.9 Å². The lowest BCUT2D eigenvalue weighted by Crippen LogP contribution is -2.40. The molecule has 0 aliphatic heterocycles. The predicted molar refractivity (Wildman–Crippen MR) is 109 cm³/mol. The average molecular weight is 472 g/mol. The Bertz CT molecular complexity index is 793. The standard InChI is InChI=1S/C18H21IN2O3S/c1-25(23,24)21(17-11-9-16(19)10-12-17)14-18(22)20-13-5-8-15-6-3-2-4-7-15/h2-4,6-7,9-12H,5,8,13-14H2,1H3,(H,20,22). The zero-order valence-corrected chi connectivity index (χ0v) is 17.0. The van der Waals surface area contributed by atoms with E-state index in [-0.39, 0.29) is 12.5 Å². The first-order valence-electron chi connectivity index (χ1n) is 7.90. The monoisotopic (exact) mass is 472 g/mol. The van der Waals surface area contributed by atoms with Crippen molar-refractivity contribution < 1.29 is 13.2 Å². The predicted octanol–water partition coefficient (Wildman–Crippen LogP) is 2.81. The quantitative estimate of drug-likeness (QED) is 0.475. The van der Waals surface area contributed by atoms with E-state index in [9.17, 15) is 13.2 Å². The van der Waals surface area contributed by atoms with E-state index >= 15 is 0 Å². The van der Waals surface area contributed by atoms with E-state index in [4.69, 9.17) is 0 Å². The molecule has 0 aliphatic rings. The highest BCUT2D eigenvalue weighted by Crippen LogP contribution is 2.18. The molecule has 0 atom stereocenters. The smallest absolute Gasteiger partial charge is 0.240 e. The van der Waals surface area contributed by atoms with Gasteiger partial charge >= 0.3 is 0 Å². The summed E-state index contributed by atoms with van der Waals surface area (Å²) in [5, 5.41) is 2.79. The van der Waals surface area contributed by atoms with Gasteiger partial charge in [-0.2, -0.15) is 0 Å². The van der Waals surface area contributed by atoms with E-state index in [1.54, 1.807) is 12.1 Å². The van der Waals surface area contributed by atoms with Crippen molar-refractivity contribution in [3.05, 3.63) is 63.7 Å². The van der Waals surface area contributed by atoms with Gasteiger partial charge in [-0.3, -0.25) is 9.10 Å². The number of anilines is 1. The van der Waals surface area contributed by atoms with Gasteiger partial charge in [-0.1, -0.05) is 30.3 Å². The first-order valence-corrected chi connectivity index (χ1v) is 10.8. The van der Waals surface area contributed by atoms with Crippen LogP contribution >= 0.6 is 22.6 Å². The number of rotatable bonds is 8. The highest BCUT2D eigenvalue weighted by Gasteiger charge is 2.20. The number of hydrogen-bond acceptors (Lipinski definition) is 3. The fourth-order valence-electron chi connectivity index (χ4n) is 2.36. The number of nitrogens with one attached hydrogen (secondary N) is 1. The summed E-state index contributed by atoms with van der Waals surface area (Å²) >= 11 is 2.15. The number of carbonyl (C=O) groups is 1. The van der Waals surface area contributed by atoms with Crippen LogP contribution < -0.4 is 9.62 Å². The zero-order valence-electron chi connectivity index (χ0n) is 14.0. The van der Waals surface area contributed by atoms with Crippen molar-refractivity contribution in [2.24, 2.45) is 0 Å². The van der Waals surface area contributed by atoms with E-state index in [1.807, 2.05) is 42.5 Å². The normalized spacial score (nSPS) is 11.1. The minimum Gasteiger partial charge on any atom is -0.355 e. The molecule has 7 heteroatoms. The first-order chi connectivity index (χ1) is 11.9. The Morgan fingerprint density at radius 2 is 1.72 bits per heavy atom. The number of sulfonamides is 1. The molecule has 0 saturated heterocycles. The second-order valence-corrected chi connectivity index (χ2v) is 8.84. The number of hydrogen-bond donors (Lipinski definition) is 1. The Morgan fingerprint density at radius 1 is 1.08 bits per heavy atom. The van der Waals surface area contributed by atoms with Crippen LogP contribution in [0.2, 0.25) is 0 Å². The lowest BCUT2D eigenvalue weighted by Gasteiger charge is -2.22. The fraction of sp³-hybridized carbons (Fsp3) is 0.278. The molecule has 2 aromatic carbocycles. The van der Waals surface area contributed by atoms with E-state index < -0.39 is 10.0 Å². The lowest BCUT2D eigenvalue weighted by molar-refractivity contribution is -0.119. The number of halogens is 1. The van der Waals surface area contributed by atoms with Crippen molar-refractivity contribution in [2.75, 3.05) is 23.7 Å². The third-order valence-electron chi connectivity index (χ3n) is 3.61. The molecular weight excluding hydrogens is 451 g/mol. The molecule has 2 aromatic rings. The maximum absolute atomic E-state index is 12.1. The summed E-state index contributed by atoms with van der Waals surface area (Å²) in [6.07, 6.45) is 2.78. The molecule has 5 nitrogen and oxygen atoms in total. The van der Waals surface area contributed by atoms with Crippen LogP contribution in [0.25, 0.3) is 0 Å². The number of nitrogens with zero attached hydrogens (tertiary/aromatic N) is 1. The fourth-order valence-corrected chi connectivity index (χ4v) is 3.57. The van der Waals surface area contributed by atoms with Crippen molar-refractivity contribution in [3.8, 4) is 0 Å². The van der Waals surface area contributed by atoms with E-state index in [0.717, 1.165) is 27.0 Å². The van der Waals surface area contributed by atoms with Crippen LogP contribution in [0.5, 0.6) is 0 Å². The van der Waals surface area contributed by atoms with Crippen molar-refractivity contribution in [1.29, 1.82) is 0 Å². The first kappa shape index (κ1) is 19.7. The van der Waals surface area contributed by atoms with E-state index in [2.05, 4.69) is 27.9 Å². The van der Waals surface area contributed by atoms with Crippen molar-refractivity contribution in [1.82, 2.24) is 5.32 Å². The Kier molecular flexibility index (Phi) is 7.24. The molecule has 0 fully saturated rings. The van der Waals surface area contributed by atoms with Crippen LogP contribution in [-0.4, -0.2) is 33.7 Å². The van der Waals surface area contributed by atoms with Gasteiger partial charge in [-0.25, -0.2) is 8.42 Å². The molecule has 0 saturated carbocycles. The van der Waals surface area contributed by atoms with Crippen LogP contribution in [-0.2, 0) is 21.2 Å². The summed E-state index contributed by atoms with van der Waals surface area (Å²) in [4.78, 5) is 12.1. The van der Waals surface area contributed by atoms with Gasteiger partial charge in [-0.05, 0) is 65.3 Å². The minimum absolute atomic E-state index is 0.217. The zero-order chi connectivity index (χ0) is 18.3. The van der Waals surface area contributed by atoms with Crippen molar-refractivity contribution in [3.63, 3.8) is 0 Å². The third kappa shape index (κ3) is 6.66. The summed E-state index contributed by atoms with van der Waals surface area (Å²) in [6.45, 7) is 0.294. The largest absolute Gasteiger partial charge is 0.355 e. The molecule has 0 aliphatic carbocycles. The van der Waals surface area contributed by atoms with Gasteiger partial charge in [0.15, 0.2) is 0 Å². The van der Waals surface area contributed by atoms with Crippen LogP contribution in [0.3, 0.4) is 0 Å². The van der Waals surface area contributed by atoms with Crippen LogP contribution in [0, 0.1) is 3.57 Å². The minimum atomic E-state index is -3.53. The lowest BCUT2D eigenvalue weighted by atomic mass is 10.1. The summed E-state index contributed by atoms with van der Waals surface area (Å²) in [5.41, 5.74) is 1.70. The molecule has 0 bridgehead atoms. The van der Waals surface area contributed by atoms with Gasteiger partial charge in [-0.15, -0.1) is 0 Å². The summed E-state index contributed by atoms with van der Waals surface area (Å²) in [5.74, 6) is -0.308. The highest BCUT2D eigenvalue weighted by molar-refractivity contribution is 14.1. The molecule has 1 amide bonds. The maximum atomic E-state index is 12.1. The van der Waals surface area contributed by atoms with Gasteiger partial charge in [0.1, 0.15) is 6.54 Å². The van der Waals surface area contributed by atoms with E-state index in [0.29, 0.717) is 12.2 Å². The third-order valence-corrected chi connectivity index (χ3v) is 5.47. The molecule has 2 rings (SSSR count). The molecule has 25 heavy (non-hydrogen) atoms. The molecule has 1 N–H and O–H groups in total. The van der Waals surface area contributed by atoms with Gasteiger partial charge in [0.05, 0.1) is 11.9 Å². The number of carbonyl (C=O) groups excluding carboxylic acids is 1. The molecule has 0 radical (unpaired) electrons. The average Bonchev–Trinajstić information content (AvgIpc) is 2.57. The highest BCUT2D eigenvalue weighted by atomic mass is 127. The SMILES string of the molecule is CS(=O)(=O)N(CC(=O)NCCCc1ccccc1)c1ccc(I)cc1. The Balaban J connectivity index is 1.88.